The number of rotatable bonds is 4. The first-order chi connectivity index (χ1) is 9.23. The van der Waals surface area contributed by atoms with Crippen LogP contribution in [0.15, 0.2) is 6.33 Å². The van der Waals surface area contributed by atoms with Gasteiger partial charge in [0.05, 0.1) is 18.6 Å². The first-order valence-electron chi connectivity index (χ1n) is 7.65. The Labute approximate surface area is 115 Å². The minimum Gasteiger partial charge on any atom is -0.394 e. The number of aliphatic hydroxyl groups is 1. The minimum absolute atomic E-state index is 0.125. The SMILES string of the molecule is NC1(CO)CCCC1CCn1cnc2c1CCCC2. The van der Waals surface area contributed by atoms with Gasteiger partial charge in [0.2, 0.25) is 0 Å². The second-order valence-electron chi connectivity index (χ2n) is 6.31. The Balaban J connectivity index is 1.65. The third-order valence-electron chi connectivity index (χ3n) is 5.13. The van der Waals surface area contributed by atoms with Gasteiger partial charge < -0.3 is 15.4 Å². The summed E-state index contributed by atoms with van der Waals surface area (Å²) in [7, 11) is 0. The van der Waals surface area contributed by atoms with Gasteiger partial charge in [0, 0.05) is 17.8 Å². The molecule has 4 heteroatoms. The Morgan fingerprint density at radius 3 is 3.05 bits per heavy atom. The summed E-state index contributed by atoms with van der Waals surface area (Å²) in [6, 6.07) is 0. The summed E-state index contributed by atoms with van der Waals surface area (Å²) >= 11 is 0. The van der Waals surface area contributed by atoms with E-state index in [4.69, 9.17) is 5.73 Å². The van der Waals surface area contributed by atoms with E-state index in [1.54, 1.807) is 0 Å². The highest BCUT2D eigenvalue weighted by Gasteiger charge is 2.38. The molecule has 2 aliphatic rings. The summed E-state index contributed by atoms with van der Waals surface area (Å²) in [4.78, 5) is 4.54. The van der Waals surface area contributed by atoms with Gasteiger partial charge in [0.25, 0.3) is 0 Å². The van der Waals surface area contributed by atoms with Crippen molar-refractivity contribution in [1.29, 1.82) is 0 Å². The molecule has 1 aromatic rings. The number of nitrogens with two attached hydrogens (primary N) is 1. The van der Waals surface area contributed by atoms with Gasteiger partial charge in [-0.1, -0.05) is 6.42 Å². The first-order valence-corrected chi connectivity index (χ1v) is 7.65. The second kappa shape index (κ2) is 5.25. The van der Waals surface area contributed by atoms with Crippen LogP contribution in [-0.2, 0) is 19.4 Å². The number of aromatic nitrogens is 2. The van der Waals surface area contributed by atoms with Gasteiger partial charge in [-0.05, 0) is 50.9 Å². The molecule has 2 unspecified atom stereocenters. The van der Waals surface area contributed by atoms with Gasteiger partial charge in [-0.25, -0.2) is 4.98 Å². The van der Waals surface area contributed by atoms with E-state index in [1.165, 1.54) is 30.7 Å². The highest BCUT2D eigenvalue weighted by Crippen LogP contribution is 2.36. The molecule has 0 radical (unpaired) electrons. The Kier molecular flexibility index (Phi) is 3.63. The molecule has 2 atom stereocenters. The molecule has 1 aromatic heterocycles. The molecule has 19 heavy (non-hydrogen) atoms. The number of imidazole rings is 1. The third kappa shape index (κ3) is 2.43. The van der Waals surface area contributed by atoms with E-state index in [0.29, 0.717) is 5.92 Å². The summed E-state index contributed by atoms with van der Waals surface area (Å²) in [6.45, 7) is 1.13. The van der Waals surface area contributed by atoms with Crippen LogP contribution in [0.5, 0.6) is 0 Å². The van der Waals surface area contributed by atoms with Crippen LogP contribution in [0.25, 0.3) is 0 Å². The van der Waals surface area contributed by atoms with Crippen molar-refractivity contribution >= 4 is 0 Å². The van der Waals surface area contributed by atoms with Crippen molar-refractivity contribution < 1.29 is 5.11 Å². The summed E-state index contributed by atoms with van der Waals surface area (Å²) < 4.78 is 2.32. The molecule has 0 spiro atoms. The third-order valence-corrected chi connectivity index (χ3v) is 5.13. The molecule has 1 heterocycles. The van der Waals surface area contributed by atoms with Crippen molar-refractivity contribution in [2.24, 2.45) is 11.7 Å². The fraction of sp³-hybridized carbons (Fsp3) is 0.800. The lowest BCUT2D eigenvalue weighted by Gasteiger charge is -2.29. The molecule has 3 N–H and O–H groups in total. The number of fused-ring (bicyclic) bond motifs is 1. The van der Waals surface area contributed by atoms with E-state index in [2.05, 4.69) is 9.55 Å². The molecular formula is C15H25N3O. The van der Waals surface area contributed by atoms with Gasteiger partial charge in [-0.3, -0.25) is 0 Å². The standard InChI is InChI=1S/C15H25N3O/c16-15(10-19)8-3-4-12(15)7-9-18-11-17-13-5-1-2-6-14(13)18/h11-12,19H,1-10,16H2. The van der Waals surface area contributed by atoms with Crippen molar-refractivity contribution in [2.75, 3.05) is 6.61 Å². The van der Waals surface area contributed by atoms with Crippen LogP contribution in [0.4, 0.5) is 0 Å². The molecule has 1 fully saturated rings. The average Bonchev–Trinajstić information content (AvgIpc) is 3.01. The summed E-state index contributed by atoms with van der Waals surface area (Å²) in [5.74, 6) is 0.458. The molecule has 1 saturated carbocycles. The van der Waals surface area contributed by atoms with Gasteiger partial charge in [0.1, 0.15) is 0 Å². The molecule has 106 valence electrons. The maximum atomic E-state index is 9.50. The smallest absolute Gasteiger partial charge is 0.0951 e. The average molecular weight is 263 g/mol. The number of hydrogen-bond donors (Lipinski definition) is 2. The summed E-state index contributed by atoms with van der Waals surface area (Å²) in [6.07, 6.45) is 11.2. The number of aryl methyl sites for hydroxylation is 2. The fourth-order valence-corrected chi connectivity index (χ4v) is 3.83. The summed E-state index contributed by atoms with van der Waals surface area (Å²) in [5, 5.41) is 9.50. The fourth-order valence-electron chi connectivity index (χ4n) is 3.83. The lowest BCUT2D eigenvalue weighted by Crippen LogP contribution is -2.47. The maximum Gasteiger partial charge on any atom is 0.0951 e. The minimum atomic E-state index is -0.333. The molecule has 0 aromatic carbocycles. The normalized spacial score (nSPS) is 30.5. The van der Waals surface area contributed by atoms with E-state index in [9.17, 15) is 5.11 Å². The molecule has 0 amide bonds. The molecular weight excluding hydrogens is 238 g/mol. The summed E-state index contributed by atoms with van der Waals surface area (Å²) in [5.41, 5.74) is 8.72. The topological polar surface area (TPSA) is 64.1 Å². The van der Waals surface area contributed by atoms with E-state index in [0.717, 1.165) is 38.6 Å². The van der Waals surface area contributed by atoms with Crippen molar-refractivity contribution in [3.05, 3.63) is 17.7 Å². The number of nitrogens with zero attached hydrogens (tertiary/aromatic N) is 2. The highest BCUT2D eigenvalue weighted by molar-refractivity contribution is 5.16. The Morgan fingerprint density at radius 2 is 2.21 bits per heavy atom. The van der Waals surface area contributed by atoms with Gasteiger partial charge in [0.15, 0.2) is 0 Å². The van der Waals surface area contributed by atoms with Crippen molar-refractivity contribution in [3.8, 4) is 0 Å². The Hall–Kier alpha value is -0.870. The number of aliphatic hydroxyl groups excluding tert-OH is 1. The molecule has 0 aliphatic heterocycles. The predicted octanol–water partition coefficient (Wildman–Crippen LogP) is 1.64. The van der Waals surface area contributed by atoms with E-state index in [-0.39, 0.29) is 12.1 Å². The van der Waals surface area contributed by atoms with Crippen molar-refractivity contribution in [2.45, 2.75) is 63.5 Å². The van der Waals surface area contributed by atoms with Crippen molar-refractivity contribution in [3.63, 3.8) is 0 Å². The first kappa shape index (κ1) is 13.1. The monoisotopic (exact) mass is 263 g/mol. The number of hydrogen-bond acceptors (Lipinski definition) is 3. The predicted molar refractivity (Wildman–Crippen MR) is 74.8 cm³/mol. The van der Waals surface area contributed by atoms with Crippen LogP contribution >= 0.6 is 0 Å². The highest BCUT2D eigenvalue weighted by atomic mass is 16.3. The Morgan fingerprint density at radius 1 is 1.37 bits per heavy atom. The molecule has 2 aliphatic carbocycles. The largest absolute Gasteiger partial charge is 0.394 e. The zero-order valence-electron chi connectivity index (χ0n) is 11.6. The maximum absolute atomic E-state index is 9.50. The van der Waals surface area contributed by atoms with E-state index in [1.807, 2.05) is 6.33 Å². The quantitative estimate of drug-likeness (QED) is 0.868. The van der Waals surface area contributed by atoms with E-state index >= 15 is 0 Å². The lowest BCUT2D eigenvalue weighted by atomic mass is 9.86. The van der Waals surface area contributed by atoms with Crippen LogP contribution in [0.3, 0.4) is 0 Å². The van der Waals surface area contributed by atoms with Gasteiger partial charge in [-0.2, -0.15) is 0 Å². The van der Waals surface area contributed by atoms with Crippen LogP contribution in [0.1, 0.15) is 49.9 Å². The van der Waals surface area contributed by atoms with Crippen LogP contribution < -0.4 is 5.73 Å². The van der Waals surface area contributed by atoms with Crippen LogP contribution in [0, 0.1) is 5.92 Å². The molecule has 0 bridgehead atoms. The lowest BCUT2D eigenvalue weighted by molar-refractivity contribution is 0.152. The molecule has 0 saturated heterocycles. The molecule has 4 nitrogen and oxygen atoms in total. The van der Waals surface area contributed by atoms with Crippen LogP contribution in [-0.4, -0.2) is 26.8 Å². The Bertz CT molecular complexity index is 443. The van der Waals surface area contributed by atoms with Gasteiger partial charge in [-0.15, -0.1) is 0 Å². The van der Waals surface area contributed by atoms with E-state index < -0.39 is 0 Å². The zero-order chi connectivity index (χ0) is 13.3. The zero-order valence-corrected chi connectivity index (χ0v) is 11.6. The molecule has 3 rings (SSSR count). The van der Waals surface area contributed by atoms with Gasteiger partial charge >= 0.3 is 0 Å². The van der Waals surface area contributed by atoms with Crippen molar-refractivity contribution in [1.82, 2.24) is 9.55 Å². The van der Waals surface area contributed by atoms with Crippen LogP contribution in [0.2, 0.25) is 0 Å². The second-order valence-corrected chi connectivity index (χ2v) is 6.31.